The molecule has 0 atom stereocenters. The van der Waals surface area contributed by atoms with E-state index in [-0.39, 0.29) is 11.3 Å². The molecule has 0 spiro atoms. The molecule has 0 amide bonds. The Hall–Kier alpha value is -2.65. The summed E-state index contributed by atoms with van der Waals surface area (Å²) in [7, 11) is 0. The van der Waals surface area contributed by atoms with E-state index in [1.54, 1.807) is 17.6 Å². The largest absolute Gasteiger partial charge is 0.296 e. The fourth-order valence-electron chi connectivity index (χ4n) is 1.91. The molecule has 0 unspecified atom stereocenters. The Balaban J connectivity index is 2.27. The molecule has 0 N–H and O–H groups in total. The van der Waals surface area contributed by atoms with E-state index in [1.165, 1.54) is 29.5 Å². The number of pyridine rings is 1. The highest BCUT2D eigenvalue weighted by molar-refractivity contribution is 7.16. The summed E-state index contributed by atoms with van der Waals surface area (Å²) in [6.07, 6.45) is 0.628. The number of fused-ring (bicyclic) bond motifs is 1. The van der Waals surface area contributed by atoms with Crippen molar-refractivity contribution in [2.45, 2.75) is 0 Å². The zero-order valence-corrected chi connectivity index (χ0v) is 10.8. The molecule has 20 heavy (non-hydrogen) atoms. The number of aromatic nitrogens is 2. The Morgan fingerprint density at radius 3 is 2.95 bits per heavy atom. The van der Waals surface area contributed by atoms with Gasteiger partial charge in [-0.2, -0.15) is 5.26 Å². The maximum atomic E-state index is 13.4. The lowest BCUT2D eigenvalue weighted by Crippen LogP contribution is -1.94. The van der Waals surface area contributed by atoms with E-state index in [4.69, 9.17) is 5.26 Å². The fraction of sp³-hybridized carbons (Fsp3) is 0. The van der Waals surface area contributed by atoms with Crippen molar-refractivity contribution in [1.82, 2.24) is 9.97 Å². The van der Waals surface area contributed by atoms with Gasteiger partial charge in [0.1, 0.15) is 17.6 Å². The molecule has 1 aromatic carbocycles. The second kappa shape index (κ2) is 4.79. The van der Waals surface area contributed by atoms with Crippen LogP contribution < -0.4 is 0 Å². The van der Waals surface area contributed by atoms with E-state index in [1.807, 2.05) is 0 Å². The average molecular weight is 283 g/mol. The first kappa shape index (κ1) is 12.4. The van der Waals surface area contributed by atoms with Crippen molar-refractivity contribution in [3.8, 4) is 17.2 Å². The Labute approximate surface area is 117 Å². The lowest BCUT2D eigenvalue weighted by molar-refractivity contribution is 0.112. The van der Waals surface area contributed by atoms with Gasteiger partial charge in [-0.3, -0.25) is 4.79 Å². The van der Waals surface area contributed by atoms with Crippen LogP contribution in [0.15, 0.2) is 29.8 Å². The lowest BCUT2D eigenvalue weighted by Gasteiger charge is -2.05. The maximum absolute atomic E-state index is 13.4. The number of halogens is 1. The highest BCUT2D eigenvalue weighted by Gasteiger charge is 2.12. The van der Waals surface area contributed by atoms with Gasteiger partial charge < -0.3 is 0 Å². The van der Waals surface area contributed by atoms with E-state index in [9.17, 15) is 9.18 Å². The number of hydrogen-bond acceptors (Lipinski definition) is 5. The van der Waals surface area contributed by atoms with Crippen LogP contribution in [0.5, 0.6) is 0 Å². The minimum Gasteiger partial charge on any atom is -0.296 e. The molecule has 4 nitrogen and oxygen atoms in total. The molecule has 0 saturated carbocycles. The smallest absolute Gasteiger partial charge is 0.170 e. The Bertz CT molecular complexity index is 866. The van der Waals surface area contributed by atoms with Crippen LogP contribution in [-0.4, -0.2) is 16.3 Å². The summed E-state index contributed by atoms with van der Waals surface area (Å²) in [5.74, 6) is -0.587. The van der Waals surface area contributed by atoms with Gasteiger partial charge in [0.05, 0.1) is 15.8 Å². The number of rotatable bonds is 2. The highest BCUT2D eigenvalue weighted by atomic mass is 32.1. The number of benzene rings is 1. The molecule has 0 radical (unpaired) electrons. The van der Waals surface area contributed by atoms with Crippen LogP contribution in [0.25, 0.3) is 21.5 Å². The second-order valence-electron chi connectivity index (χ2n) is 4.02. The Kier molecular flexibility index (Phi) is 2.97. The number of thiazole rings is 1. The first-order valence-corrected chi connectivity index (χ1v) is 6.50. The van der Waals surface area contributed by atoms with Crippen molar-refractivity contribution in [1.29, 1.82) is 5.26 Å². The number of aldehydes is 1. The third kappa shape index (κ3) is 1.94. The van der Waals surface area contributed by atoms with Gasteiger partial charge in [0.2, 0.25) is 0 Å². The van der Waals surface area contributed by atoms with Crippen molar-refractivity contribution in [2.24, 2.45) is 0 Å². The van der Waals surface area contributed by atoms with Gasteiger partial charge in [-0.15, -0.1) is 11.3 Å². The van der Waals surface area contributed by atoms with Gasteiger partial charge >= 0.3 is 0 Å². The van der Waals surface area contributed by atoms with E-state index >= 15 is 0 Å². The van der Waals surface area contributed by atoms with Crippen molar-refractivity contribution in [3.63, 3.8) is 0 Å². The van der Waals surface area contributed by atoms with Crippen LogP contribution in [0.1, 0.15) is 16.1 Å². The molecule has 0 aliphatic heterocycles. The summed E-state index contributed by atoms with van der Waals surface area (Å²) in [6, 6.07) is 7.69. The standard InChI is InChI=1S/C14H6FN3OS/c15-11-2-1-8(3-9(11)5-16)10-4-13-14(17-7-20-13)18-12(10)6-19/h1-4,6-7H. The third-order valence-electron chi connectivity index (χ3n) is 2.86. The molecule has 0 bridgehead atoms. The summed E-state index contributed by atoms with van der Waals surface area (Å²) in [5, 5.41) is 8.87. The molecule has 0 saturated heterocycles. The fourth-order valence-corrected chi connectivity index (χ4v) is 2.57. The number of nitriles is 1. The quantitative estimate of drug-likeness (QED) is 0.677. The summed E-state index contributed by atoms with van der Waals surface area (Å²) in [5.41, 5.74) is 3.44. The Morgan fingerprint density at radius 1 is 1.35 bits per heavy atom. The first-order valence-electron chi connectivity index (χ1n) is 5.62. The molecule has 3 aromatic rings. The van der Waals surface area contributed by atoms with E-state index in [0.717, 1.165) is 4.70 Å². The normalized spacial score (nSPS) is 10.4. The topological polar surface area (TPSA) is 66.6 Å². The molecule has 96 valence electrons. The zero-order valence-electron chi connectivity index (χ0n) is 10.0. The summed E-state index contributed by atoms with van der Waals surface area (Å²) >= 11 is 1.40. The predicted octanol–water partition coefficient (Wildman–Crippen LogP) is 3.18. The highest BCUT2D eigenvalue weighted by Crippen LogP contribution is 2.28. The lowest BCUT2D eigenvalue weighted by atomic mass is 10.0. The number of carbonyl (C=O) groups excluding carboxylic acids is 1. The van der Waals surface area contributed by atoms with Crippen LogP contribution in [-0.2, 0) is 0 Å². The predicted molar refractivity (Wildman–Crippen MR) is 72.9 cm³/mol. The van der Waals surface area contributed by atoms with Gasteiger partial charge in [0, 0.05) is 5.56 Å². The molecule has 0 fully saturated rings. The summed E-state index contributed by atoms with van der Waals surface area (Å²) in [4.78, 5) is 19.4. The first-order chi connectivity index (χ1) is 9.72. The van der Waals surface area contributed by atoms with Crippen LogP contribution in [0.3, 0.4) is 0 Å². The summed E-state index contributed by atoms with van der Waals surface area (Å²) in [6.45, 7) is 0. The van der Waals surface area contributed by atoms with Gasteiger partial charge in [-0.05, 0) is 23.8 Å². The van der Waals surface area contributed by atoms with Crippen LogP contribution in [0.4, 0.5) is 4.39 Å². The maximum Gasteiger partial charge on any atom is 0.170 e. The van der Waals surface area contributed by atoms with Gasteiger partial charge in [-0.25, -0.2) is 14.4 Å². The van der Waals surface area contributed by atoms with Crippen LogP contribution in [0.2, 0.25) is 0 Å². The van der Waals surface area contributed by atoms with Crippen LogP contribution >= 0.6 is 11.3 Å². The number of carbonyl (C=O) groups is 1. The minimum atomic E-state index is -0.587. The van der Waals surface area contributed by atoms with E-state index < -0.39 is 5.82 Å². The van der Waals surface area contributed by atoms with Gasteiger partial charge in [0.15, 0.2) is 11.9 Å². The van der Waals surface area contributed by atoms with Crippen molar-refractivity contribution in [2.75, 3.05) is 0 Å². The molecule has 6 heteroatoms. The second-order valence-corrected chi connectivity index (χ2v) is 4.91. The van der Waals surface area contributed by atoms with Crippen LogP contribution in [0, 0.1) is 17.1 Å². The van der Waals surface area contributed by atoms with E-state index in [2.05, 4.69) is 9.97 Å². The molecule has 2 aromatic heterocycles. The van der Waals surface area contributed by atoms with Gasteiger partial charge in [-0.1, -0.05) is 6.07 Å². The number of hydrogen-bond donors (Lipinski definition) is 0. The molecule has 0 aliphatic rings. The summed E-state index contributed by atoms with van der Waals surface area (Å²) < 4.78 is 14.2. The van der Waals surface area contributed by atoms with Crippen molar-refractivity contribution >= 4 is 28.0 Å². The third-order valence-corrected chi connectivity index (χ3v) is 3.63. The molecular formula is C14H6FN3OS. The SMILES string of the molecule is N#Cc1cc(-c2cc3scnc3nc2C=O)ccc1F. The van der Waals surface area contributed by atoms with E-state index in [0.29, 0.717) is 23.1 Å². The molecule has 3 rings (SSSR count). The van der Waals surface area contributed by atoms with Crippen molar-refractivity contribution in [3.05, 3.63) is 46.9 Å². The Morgan fingerprint density at radius 2 is 2.20 bits per heavy atom. The monoisotopic (exact) mass is 283 g/mol. The van der Waals surface area contributed by atoms with Crippen molar-refractivity contribution < 1.29 is 9.18 Å². The number of nitrogens with zero attached hydrogens (tertiary/aromatic N) is 3. The minimum absolute atomic E-state index is 0.0660. The van der Waals surface area contributed by atoms with Gasteiger partial charge in [0.25, 0.3) is 0 Å². The zero-order chi connectivity index (χ0) is 14.1. The molecular weight excluding hydrogens is 277 g/mol. The molecule has 0 aliphatic carbocycles. The molecule has 2 heterocycles. The average Bonchev–Trinajstić information content (AvgIpc) is 2.93.